The van der Waals surface area contributed by atoms with Gasteiger partial charge in [-0.05, 0) is 64.0 Å². The molecule has 0 aliphatic heterocycles. The maximum atomic E-state index is 6.54. The molecule has 252 valence electrons. The highest BCUT2D eigenvalue weighted by Gasteiger charge is 2.17. The first-order chi connectivity index (χ1) is 26.7. The van der Waals surface area contributed by atoms with Crippen LogP contribution in [-0.2, 0) is 0 Å². The molecule has 0 bridgehead atoms. The minimum absolute atomic E-state index is 0.562. The van der Waals surface area contributed by atoms with E-state index < -0.39 is 0 Å². The van der Waals surface area contributed by atoms with Crippen molar-refractivity contribution in [1.82, 2.24) is 15.0 Å². The van der Waals surface area contributed by atoms with Crippen LogP contribution in [0, 0.1) is 0 Å². The predicted molar refractivity (Wildman–Crippen MR) is 219 cm³/mol. The number of furan rings is 2. The van der Waals surface area contributed by atoms with E-state index in [1.54, 1.807) is 0 Å². The van der Waals surface area contributed by atoms with Crippen molar-refractivity contribution in [3.63, 3.8) is 0 Å². The quantitative estimate of drug-likeness (QED) is 0.180. The fourth-order valence-electron chi connectivity index (χ4n) is 7.57. The zero-order valence-corrected chi connectivity index (χ0v) is 28.9. The first kappa shape index (κ1) is 30.3. The summed E-state index contributed by atoms with van der Waals surface area (Å²) in [4.78, 5) is 15.2. The van der Waals surface area contributed by atoms with Gasteiger partial charge in [-0.25, -0.2) is 15.0 Å². The lowest BCUT2D eigenvalue weighted by molar-refractivity contribution is 0.669. The number of para-hydroxylation sites is 1. The third-order valence-electron chi connectivity index (χ3n) is 10.4. The Balaban J connectivity index is 1.02. The summed E-state index contributed by atoms with van der Waals surface area (Å²) in [5, 5.41) is 6.51. The Hall–Kier alpha value is -7.37. The summed E-state index contributed by atoms with van der Waals surface area (Å²) in [5.41, 5.74) is 10.5. The van der Waals surface area contributed by atoms with Crippen LogP contribution in [0.3, 0.4) is 0 Å². The molecule has 5 heteroatoms. The van der Waals surface area contributed by atoms with Crippen molar-refractivity contribution in [2.75, 3.05) is 0 Å². The summed E-state index contributed by atoms with van der Waals surface area (Å²) in [6.07, 6.45) is 0. The van der Waals surface area contributed by atoms with Crippen molar-refractivity contribution >= 4 is 54.6 Å². The number of benzene rings is 8. The van der Waals surface area contributed by atoms with Crippen LogP contribution in [0.15, 0.2) is 185 Å². The largest absolute Gasteiger partial charge is 0.456 e. The summed E-state index contributed by atoms with van der Waals surface area (Å²) in [5.74, 6) is 1.71. The monoisotopic (exact) mass is 691 g/mol. The molecule has 11 rings (SSSR count). The van der Waals surface area contributed by atoms with Gasteiger partial charge >= 0.3 is 0 Å². The van der Waals surface area contributed by atoms with Crippen LogP contribution >= 0.6 is 0 Å². The van der Waals surface area contributed by atoms with Crippen molar-refractivity contribution in [1.29, 1.82) is 0 Å². The molecule has 5 nitrogen and oxygen atoms in total. The van der Waals surface area contributed by atoms with E-state index in [4.69, 9.17) is 23.8 Å². The fraction of sp³-hybridized carbons (Fsp3) is 0. The summed E-state index contributed by atoms with van der Waals surface area (Å²) in [6.45, 7) is 0. The van der Waals surface area contributed by atoms with E-state index in [1.807, 2.05) is 48.5 Å². The summed E-state index contributed by atoms with van der Waals surface area (Å²) < 4.78 is 12.8. The summed E-state index contributed by atoms with van der Waals surface area (Å²) in [6, 6.07) is 60.6. The molecule has 11 aromatic rings. The lowest BCUT2D eigenvalue weighted by Crippen LogP contribution is -2.00. The molecule has 3 heterocycles. The predicted octanol–water partition coefficient (Wildman–Crippen LogP) is 13.2. The maximum Gasteiger partial charge on any atom is 0.164 e. The average Bonchev–Trinajstić information content (AvgIpc) is 3.82. The SMILES string of the molecule is c1ccc(-c2ccc(-c3ccc(-c4nc(-c5ccc6c(c5)oc5ccccc56)nc(-c5ccc6c(c5)oc5c7ccccc7ccc65)n4)cc3)cc2)cc1. The maximum absolute atomic E-state index is 6.54. The lowest BCUT2D eigenvalue weighted by Gasteiger charge is -2.10. The van der Waals surface area contributed by atoms with E-state index in [0.29, 0.717) is 17.5 Å². The minimum atomic E-state index is 0.562. The summed E-state index contributed by atoms with van der Waals surface area (Å²) in [7, 11) is 0. The van der Waals surface area contributed by atoms with Gasteiger partial charge in [0.05, 0.1) is 0 Å². The van der Waals surface area contributed by atoms with Gasteiger partial charge in [-0.3, -0.25) is 0 Å². The number of nitrogens with zero attached hydrogens (tertiary/aromatic N) is 3. The second-order valence-electron chi connectivity index (χ2n) is 13.6. The zero-order chi connectivity index (χ0) is 35.6. The normalized spacial score (nSPS) is 11.7. The molecule has 3 aromatic heterocycles. The second-order valence-corrected chi connectivity index (χ2v) is 13.6. The summed E-state index contributed by atoms with van der Waals surface area (Å²) >= 11 is 0. The van der Waals surface area contributed by atoms with Crippen LogP contribution in [0.2, 0.25) is 0 Å². The van der Waals surface area contributed by atoms with Crippen LogP contribution < -0.4 is 0 Å². The zero-order valence-electron chi connectivity index (χ0n) is 28.9. The molecular weight excluding hydrogens is 663 g/mol. The molecule has 0 radical (unpaired) electrons. The lowest BCUT2D eigenvalue weighted by atomic mass is 9.99. The van der Waals surface area contributed by atoms with E-state index in [2.05, 4.69) is 127 Å². The van der Waals surface area contributed by atoms with Gasteiger partial charge in [0.2, 0.25) is 0 Å². The van der Waals surface area contributed by atoms with Gasteiger partial charge in [-0.1, -0.05) is 140 Å². The molecule has 0 aliphatic rings. The second kappa shape index (κ2) is 12.1. The molecular formula is C49H29N3O2. The van der Waals surface area contributed by atoms with Crippen molar-refractivity contribution in [3.8, 4) is 56.4 Å². The fourth-order valence-corrected chi connectivity index (χ4v) is 7.57. The molecule has 0 unspecified atom stereocenters. The highest BCUT2D eigenvalue weighted by Crippen LogP contribution is 2.37. The molecule has 0 fully saturated rings. The van der Waals surface area contributed by atoms with E-state index in [-0.39, 0.29) is 0 Å². The van der Waals surface area contributed by atoms with Crippen molar-refractivity contribution in [2.45, 2.75) is 0 Å². The van der Waals surface area contributed by atoms with Crippen LogP contribution in [0.4, 0.5) is 0 Å². The van der Waals surface area contributed by atoms with E-state index in [1.165, 1.54) is 11.1 Å². The Morgan fingerprint density at radius 3 is 1.39 bits per heavy atom. The van der Waals surface area contributed by atoms with Crippen LogP contribution in [0.1, 0.15) is 0 Å². The van der Waals surface area contributed by atoms with Gasteiger partial charge in [0.25, 0.3) is 0 Å². The average molecular weight is 692 g/mol. The first-order valence-electron chi connectivity index (χ1n) is 18.0. The van der Waals surface area contributed by atoms with Gasteiger partial charge in [0, 0.05) is 43.6 Å². The highest BCUT2D eigenvalue weighted by atomic mass is 16.3. The molecule has 54 heavy (non-hydrogen) atoms. The molecule has 0 spiro atoms. The van der Waals surface area contributed by atoms with Gasteiger partial charge in [0.1, 0.15) is 22.3 Å². The molecule has 0 N–H and O–H groups in total. The highest BCUT2D eigenvalue weighted by molar-refractivity contribution is 6.15. The molecule has 0 aliphatic carbocycles. The van der Waals surface area contributed by atoms with Crippen molar-refractivity contribution in [3.05, 3.63) is 176 Å². The number of rotatable bonds is 5. The van der Waals surface area contributed by atoms with Crippen LogP contribution in [-0.4, -0.2) is 15.0 Å². The molecule has 0 atom stereocenters. The Morgan fingerprint density at radius 1 is 0.278 bits per heavy atom. The van der Waals surface area contributed by atoms with Crippen molar-refractivity contribution < 1.29 is 8.83 Å². The van der Waals surface area contributed by atoms with E-state index >= 15 is 0 Å². The minimum Gasteiger partial charge on any atom is -0.456 e. The standard InChI is InChI=1S/C49H29N3O2/c1-2-8-30(9-3-1)31-14-16-32(17-15-31)33-18-20-35(21-19-33)47-50-48(36-23-25-40-39-12-6-7-13-43(39)53-44(40)28-36)52-49(51-47)37-24-26-41-42-27-22-34-10-4-5-11-38(34)46(42)54-45(41)29-37/h1-29H. The van der Waals surface area contributed by atoms with Gasteiger partial charge in [0.15, 0.2) is 17.5 Å². The number of hydrogen-bond donors (Lipinski definition) is 0. The topological polar surface area (TPSA) is 65.0 Å². The molecule has 8 aromatic carbocycles. The molecule has 0 saturated heterocycles. The third-order valence-corrected chi connectivity index (χ3v) is 10.4. The number of fused-ring (bicyclic) bond motifs is 8. The Bertz CT molecular complexity index is 3200. The Kier molecular flexibility index (Phi) is 6.79. The van der Waals surface area contributed by atoms with Gasteiger partial charge in [-0.15, -0.1) is 0 Å². The van der Waals surface area contributed by atoms with Crippen LogP contribution in [0.5, 0.6) is 0 Å². The Labute approximate surface area is 309 Å². The van der Waals surface area contributed by atoms with Crippen molar-refractivity contribution in [2.24, 2.45) is 0 Å². The van der Waals surface area contributed by atoms with E-state index in [9.17, 15) is 0 Å². The smallest absolute Gasteiger partial charge is 0.164 e. The van der Waals surface area contributed by atoms with Gasteiger partial charge in [-0.2, -0.15) is 0 Å². The molecule has 0 amide bonds. The van der Waals surface area contributed by atoms with Gasteiger partial charge < -0.3 is 8.83 Å². The number of hydrogen-bond acceptors (Lipinski definition) is 5. The Morgan fingerprint density at radius 2 is 0.722 bits per heavy atom. The third kappa shape index (κ3) is 5.06. The van der Waals surface area contributed by atoms with E-state index in [0.717, 1.165) is 82.5 Å². The first-order valence-corrected chi connectivity index (χ1v) is 18.0. The molecule has 0 saturated carbocycles. The number of aromatic nitrogens is 3. The van der Waals surface area contributed by atoms with Crippen LogP contribution in [0.25, 0.3) is 111 Å².